The van der Waals surface area contributed by atoms with Crippen LogP contribution in [0.25, 0.3) is 11.0 Å². The summed E-state index contributed by atoms with van der Waals surface area (Å²) in [5.41, 5.74) is 0.188. The molecule has 0 spiro atoms. The van der Waals surface area contributed by atoms with Gasteiger partial charge in [0.15, 0.2) is 0 Å². The van der Waals surface area contributed by atoms with E-state index < -0.39 is 11.1 Å². The van der Waals surface area contributed by atoms with Gasteiger partial charge in [0, 0.05) is 33.1 Å². The highest BCUT2D eigenvalue weighted by Gasteiger charge is 2.15. The Balaban J connectivity index is 1.52. The highest BCUT2D eigenvalue weighted by molar-refractivity contribution is 5.77. The van der Waals surface area contributed by atoms with Crippen molar-refractivity contribution in [3.63, 3.8) is 0 Å². The predicted octanol–water partition coefficient (Wildman–Crippen LogP) is 1.33. The third kappa shape index (κ3) is 4.70. The average Bonchev–Trinajstić information content (AvgIpc) is 2.69. The van der Waals surface area contributed by atoms with Crippen LogP contribution in [0.15, 0.2) is 33.9 Å². The molecule has 1 saturated heterocycles. The summed E-state index contributed by atoms with van der Waals surface area (Å²) >= 11 is 0. The maximum Gasteiger partial charge on any atom is 0.316 e. The normalized spacial score (nSPS) is 17.7. The van der Waals surface area contributed by atoms with Crippen LogP contribution in [0.4, 0.5) is 0 Å². The number of nitrogens with zero attached hydrogens (tertiary/aromatic N) is 3. The molecule has 1 N–H and O–H groups in total. The van der Waals surface area contributed by atoms with Gasteiger partial charge >= 0.3 is 11.1 Å². The Labute approximate surface area is 165 Å². The number of nitrogens with one attached hydrogen (secondary N) is 1. The lowest BCUT2D eigenvalue weighted by molar-refractivity contribution is -0.121. The van der Waals surface area contributed by atoms with E-state index in [4.69, 9.17) is 0 Å². The number of carbonyl (C=O) groups is 1. The lowest BCUT2D eigenvalue weighted by Gasteiger charge is -2.30. The molecule has 1 fully saturated rings. The van der Waals surface area contributed by atoms with Gasteiger partial charge in [-0.2, -0.15) is 0 Å². The highest BCUT2D eigenvalue weighted by Crippen LogP contribution is 2.15. The maximum absolute atomic E-state index is 12.4. The van der Waals surface area contributed by atoms with Crippen molar-refractivity contribution in [2.24, 2.45) is 13.0 Å². The van der Waals surface area contributed by atoms with E-state index in [-0.39, 0.29) is 18.9 Å². The summed E-state index contributed by atoms with van der Waals surface area (Å²) in [5, 5.41) is 2.93. The third-order valence-electron chi connectivity index (χ3n) is 5.54. The Morgan fingerprint density at radius 3 is 2.64 bits per heavy atom. The van der Waals surface area contributed by atoms with Crippen molar-refractivity contribution in [1.82, 2.24) is 19.4 Å². The fourth-order valence-electron chi connectivity index (χ4n) is 4.00. The summed E-state index contributed by atoms with van der Waals surface area (Å²) in [7, 11) is 1.59. The molecule has 2 heterocycles. The van der Waals surface area contributed by atoms with E-state index in [1.807, 2.05) is 12.1 Å². The van der Waals surface area contributed by atoms with Crippen LogP contribution in [0.2, 0.25) is 0 Å². The van der Waals surface area contributed by atoms with Gasteiger partial charge < -0.3 is 19.4 Å². The summed E-state index contributed by atoms with van der Waals surface area (Å²) in [6, 6.07) is 7.25. The largest absolute Gasteiger partial charge is 0.356 e. The van der Waals surface area contributed by atoms with Crippen LogP contribution in [0.3, 0.4) is 0 Å². The molecule has 0 bridgehead atoms. The number of para-hydroxylation sites is 2. The van der Waals surface area contributed by atoms with Gasteiger partial charge in [-0.1, -0.05) is 19.1 Å². The molecular formula is C21H30N4O3. The van der Waals surface area contributed by atoms with Gasteiger partial charge in [-0.3, -0.25) is 14.4 Å². The van der Waals surface area contributed by atoms with Crippen LogP contribution in [-0.2, 0) is 18.4 Å². The molecule has 0 unspecified atom stereocenters. The molecule has 1 aromatic carbocycles. The quantitative estimate of drug-likeness (QED) is 0.575. The first-order valence-electron chi connectivity index (χ1n) is 10.1. The zero-order valence-corrected chi connectivity index (χ0v) is 16.8. The van der Waals surface area contributed by atoms with E-state index in [1.54, 1.807) is 19.2 Å². The average molecular weight is 386 g/mol. The molecule has 0 saturated carbocycles. The molecule has 0 radical (unpaired) electrons. The molecule has 2 aromatic rings. The summed E-state index contributed by atoms with van der Waals surface area (Å²) < 4.78 is 2.77. The van der Waals surface area contributed by atoms with E-state index >= 15 is 0 Å². The van der Waals surface area contributed by atoms with Crippen LogP contribution >= 0.6 is 0 Å². The summed E-state index contributed by atoms with van der Waals surface area (Å²) in [4.78, 5) is 39.2. The predicted molar refractivity (Wildman–Crippen MR) is 111 cm³/mol. The summed E-state index contributed by atoms with van der Waals surface area (Å²) in [6.45, 7) is 6.42. The lowest BCUT2D eigenvalue weighted by Crippen LogP contribution is -2.41. The second-order valence-corrected chi connectivity index (χ2v) is 7.81. The van der Waals surface area contributed by atoms with Gasteiger partial charge in [0.2, 0.25) is 5.91 Å². The first-order valence-corrected chi connectivity index (χ1v) is 10.1. The SMILES string of the molecule is C[C@H]1CCCN(CCCNC(=O)CCn2c(=O)c(=O)n(C)c3ccccc32)C1. The number of rotatable bonds is 7. The molecule has 3 rings (SSSR count). The molecule has 1 amide bonds. The van der Waals surface area contributed by atoms with E-state index in [2.05, 4.69) is 17.1 Å². The molecule has 1 aliphatic rings. The molecule has 0 aliphatic carbocycles. The van der Waals surface area contributed by atoms with Gasteiger partial charge in [0.1, 0.15) is 0 Å². The molecule has 7 heteroatoms. The van der Waals surface area contributed by atoms with Gasteiger partial charge in [0.05, 0.1) is 11.0 Å². The number of amides is 1. The molecule has 1 aromatic heterocycles. The lowest BCUT2D eigenvalue weighted by atomic mass is 10.0. The molecular weight excluding hydrogens is 356 g/mol. The van der Waals surface area contributed by atoms with Gasteiger partial charge in [-0.15, -0.1) is 0 Å². The topological polar surface area (TPSA) is 76.3 Å². The van der Waals surface area contributed by atoms with Crippen molar-refractivity contribution < 1.29 is 4.79 Å². The first kappa shape index (κ1) is 20.3. The van der Waals surface area contributed by atoms with Crippen molar-refractivity contribution in [2.75, 3.05) is 26.2 Å². The maximum atomic E-state index is 12.4. The molecule has 152 valence electrons. The molecule has 7 nitrogen and oxygen atoms in total. The first-order chi connectivity index (χ1) is 13.5. The molecule has 1 aliphatic heterocycles. The van der Waals surface area contributed by atoms with Crippen LogP contribution in [0.1, 0.15) is 32.6 Å². The number of benzene rings is 1. The fraction of sp³-hybridized carbons (Fsp3) is 0.571. The Bertz CT molecular complexity index is 947. The van der Waals surface area contributed by atoms with Crippen molar-refractivity contribution >= 4 is 16.9 Å². The van der Waals surface area contributed by atoms with Gasteiger partial charge in [0.25, 0.3) is 0 Å². The second kappa shape index (κ2) is 9.19. The minimum Gasteiger partial charge on any atom is -0.356 e. The van der Waals surface area contributed by atoms with Crippen molar-refractivity contribution in [3.8, 4) is 0 Å². The second-order valence-electron chi connectivity index (χ2n) is 7.81. The van der Waals surface area contributed by atoms with Crippen LogP contribution in [-0.4, -0.2) is 46.1 Å². The van der Waals surface area contributed by atoms with Crippen LogP contribution in [0.5, 0.6) is 0 Å². The number of piperidine rings is 1. The van der Waals surface area contributed by atoms with E-state index in [1.165, 1.54) is 22.0 Å². The van der Waals surface area contributed by atoms with E-state index in [0.717, 1.165) is 32.0 Å². The van der Waals surface area contributed by atoms with Crippen LogP contribution in [0, 0.1) is 5.92 Å². The van der Waals surface area contributed by atoms with Crippen molar-refractivity contribution in [2.45, 2.75) is 39.2 Å². The fourth-order valence-corrected chi connectivity index (χ4v) is 4.00. The number of hydrogen-bond donors (Lipinski definition) is 1. The number of aromatic nitrogens is 2. The van der Waals surface area contributed by atoms with E-state index in [9.17, 15) is 14.4 Å². The Morgan fingerprint density at radius 1 is 1.14 bits per heavy atom. The van der Waals surface area contributed by atoms with Crippen LogP contribution < -0.4 is 16.4 Å². The number of hydrogen-bond acceptors (Lipinski definition) is 4. The minimum atomic E-state index is -0.590. The monoisotopic (exact) mass is 386 g/mol. The number of carbonyl (C=O) groups excluding carboxylic acids is 1. The Morgan fingerprint density at radius 2 is 1.89 bits per heavy atom. The Hall–Kier alpha value is -2.41. The third-order valence-corrected chi connectivity index (χ3v) is 5.54. The summed E-state index contributed by atoms with van der Waals surface area (Å²) in [6.07, 6.45) is 3.67. The zero-order chi connectivity index (χ0) is 20.1. The highest BCUT2D eigenvalue weighted by atomic mass is 16.2. The zero-order valence-electron chi connectivity index (χ0n) is 16.8. The van der Waals surface area contributed by atoms with E-state index in [0.29, 0.717) is 17.6 Å². The minimum absolute atomic E-state index is 0.0938. The van der Waals surface area contributed by atoms with Crippen molar-refractivity contribution in [1.29, 1.82) is 0 Å². The van der Waals surface area contributed by atoms with Gasteiger partial charge in [-0.25, -0.2) is 0 Å². The van der Waals surface area contributed by atoms with Crippen molar-refractivity contribution in [3.05, 3.63) is 45.0 Å². The number of aryl methyl sites for hydroxylation is 2. The number of likely N-dealkylation sites (tertiary alicyclic amines) is 1. The summed E-state index contributed by atoms with van der Waals surface area (Å²) in [5.74, 6) is 0.665. The molecule has 1 atom stereocenters. The van der Waals surface area contributed by atoms with Gasteiger partial charge in [-0.05, 0) is 50.4 Å². The molecule has 28 heavy (non-hydrogen) atoms. The smallest absolute Gasteiger partial charge is 0.316 e. The standard InChI is InChI=1S/C21H30N4O3/c1-16-7-5-12-24(15-16)13-6-11-22-19(26)10-14-25-18-9-4-3-8-17(18)23(2)20(27)21(25)28/h3-4,8-9,16H,5-7,10-15H2,1-2H3,(H,22,26)/t16-/m0/s1. The Kier molecular flexibility index (Phi) is 6.67. The number of fused-ring (bicyclic) bond motifs is 1.